The monoisotopic (exact) mass is 200 g/mol. The van der Waals surface area contributed by atoms with Crippen molar-refractivity contribution in [3.05, 3.63) is 0 Å². The molecule has 4 heteroatoms. The minimum Gasteiger partial charge on any atom is -0.354 e. The van der Waals surface area contributed by atoms with Gasteiger partial charge >= 0.3 is 0 Å². The van der Waals surface area contributed by atoms with Gasteiger partial charge in [-0.2, -0.15) is 0 Å². The minimum absolute atomic E-state index is 0.0377. The zero-order valence-electron chi connectivity index (χ0n) is 8.42. The maximum Gasteiger partial charge on any atom is 0.237 e. The lowest BCUT2D eigenvalue weighted by Gasteiger charge is -2.10. The van der Waals surface area contributed by atoms with E-state index in [9.17, 15) is 9.18 Å². The van der Waals surface area contributed by atoms with Crippen molar-refractivity contribution in [3.8, 4) is 0 Å². The molecule has 2 N–H and O–H groups in total. The smallest absolute Gasteiger partial charge is 0.237 e. The first kappa shape index (κ1) is 9.90. The maximum absolute atomic E-state index is 12.8. The molecular weight excluding hydrogens is 183 g/mol. The van der Waals surface area contributed by atoms with Gasteiger partial charge in [0.15, 0.2) is 0 Å². The Balaban J connectivity index is 1.68. The molecule has 14 heavy (non-hydrogen) atoms. The maximum atomic E-state index is 12.8. The Kier molecular flexibility index (Phi) is 2.72. The largest absolute Gasteiger partial charge is 0.354 e. The number of hydrogen-bond acceptors (Lipinski definition) is 2. The summed E-state index contributed by atoms with van der Waals surface area (Å²) in [5.74, 6) is 1.37. The molecule has 1 saturated carbocycles. The molecule has 0 bridgehead atoms. The van der Waals surface area contributed by atoms with Crippen LogP contribution in [0.5, 0.6) is 0 Å². The van der Waals surface area contributed by atoms with Gasteiger partial charge in [0.05, 0.1) is 6.04 Å². The van der Waals surface area contributed by atoms with Crippen LogP contribution in [0.2, 0.25) is 0 Å². The van der Waals surface area contributed by atoms with Crippen molar-refractivity contribution in [1.82, 2.24) is 10.6 Å². The molecule has 1 aliphatic carbocycles. The van der Waals surface area contributed by atoms with Crippen LogP contribution in [0.3, 0.4) is 0 Å². The molecule has 2 aliphatic rings. The van der Waals surface area contributed by atoms with Crippen molar-refractivity contribution >= 4 is 5.91 Å². The van der Waals surface area contributed by atoms with Crippen molar-refractivity contribution in [2.75, 3.05) is 13.1 Å². The topological polar surface area (TPSA) is 41.1 Å². The van der Waals surface area contributed by atoms with Gasteiger partial charge in [0.2, 0.25) is 5.91 Å². The van der Waals surface area contributed by atoms with Gasteiger partial charge in [-0.1, -0.05) is 6.92 Å². The molecular formula is C10H17FN2O. The Labute approximate surface area is 83.4 Å². The van der Waals surface area contributed by atoms with E-state index in [2.05, 4.69) is 17.6 Å². The molecule has 2 unspecified atom stereocenters. The summed E-state index contributed by atoms with van der Waals surface area (Å²) >= 11 is 0. The molecule has 0 radical (unpaired) electrons. The lowest BCUT2D eigenvalue weighted by molar-refractivity contribution is -0.122. The average Bonchev–Trinajstić information content (AvgIpc) is 2.66. The van der Waals surface area contributed by atoms with E-state index in [0.717, 1.165) is 12.5 Å². The standard InChI is InChI=1S/C10H17FN2O/c1-6-2-7(6)4-13-10(14)9-3-8(11)5-12-9/h6-9,12H,2-5H2,1H3,(H,13,14)/t6?,7?,8-,9+/m0/s1. The highest BCUT2D eigenvalue weighted by Gasteiger charge is 2.34. The van der Waals surface area contributed by atoms with Crippen LogP contribution < -0.4 is 10.6 Å². The fraction of sp³-hybridized carbons (Fsp3) is 0.900. The summed E-state index contributed by atoms with van der Waals surface area (Å²) in [6.07, 6.45) is 0.682. The third kappa shape index (κ3) is 2.23. The van der Waals surface area contributed by atoms with E-state index in [1.54, 1.807) is 0 Å². The first-order valence-electron chi connectivity index (χ1n) is 5.32. The fourth-order valence-corrected chi connectivity index (χ4v) is 1.93. The van der Waals surface area contributed by atoms with Crippen molar-refractivity contribution in [2.24, 2.45) is 11.8 Å². The van der Waals surface area contributed by atoms with E-state index in [4.69, 9.17) is 0 Å². The first-order chi connectivity index (χ1) is 6.66. The van der Waals surface area contributed by atoms with Gasteiger partial charge < -0.3 is 10.6 Å². The molecule has 1 heterocycles. The van der Waals surface area contributed by atoms with Gasteiger partial charge in [-0.15, -0.1) is 0 Å². The van der Waals surface area contributed by atoms with Gasteiger partial charge in [0, 0.05) is 19.5 Å². The zero-order valence-corrected chi connectivity index (χ0v) is 8.42. The van der Waals surface area contributed by atoms with Gasteiger partial charge in [-0.3, -0.25) is 4.79 Å². The third-order valence-corrected chi connectivity index (χ3v) is 3.21. The highest BCUT2D eigenvalue weighted by atomic mass is 19.1. The molecule has 0 spiro atoms. The van der Waals surface area contributed by atoms with E-state index in [1.807, 2.05) is 0 Å². The number of nitrogens with one attached hydrogen (secondary N) is 2. The van der Waals surface area contributed by atoms with Crippen LogP contribution in [0, 0.1) is 11.8 Å². The van der Waals surface area contributed by atoms with Crippen LogP contribution in [0.25, 0.3) is 0 Å². The lowest BCUT2D eigenvalue weighted by Crippen LogP contribution is -2.41. The molecule has 2 fully saturated rings. The van der Waals surface area contributed by atoms with E-state index >= 15 is 0 Å². The van der Waals surface area contributed by atoms with E-state index in [1.165, 1.54) is 6.42 Å². The van der Waals surface area contributed by atoms with Gasteiger partial charge in [0.1, 0.15) is 6.17 Å². The normalized spacial score (nSPS) is 41.0. The molecule has 0 aromatic carbocycles. The SMILES string of the molecule is CC1CC1CNC(=O)[C@H]1C[C@H](F)CN1. The fourth-order valence-electron chi connectivity index (χ4n) is 1.93. The summed E-state index contributed by atoms with van der Waals surface area (Å²) in [5.41, 5.74) is 0. The van der Waals surface area contributed by atoms with E-state index in [0.29, 0.717) is 18.9 Å². The number of carbonyl (C=O) groups is 1. The van der Waals surface area contributed by atoms with E-state index in [-0.39, 0.29) is 11.9 Å². The number of hydrogen-bond donors (Lipinski definition) is 2. The van der Waals surface area contributed by atoms with Crippen LogP contribution in [0.4, 0.5) is 4.39 Å². The number of halogens is 1. The van der Waals surface area contributed by atoms with Crippen molar-refractivity contribution in [2.45, 2.75) is 32.0 Å². The van der Waals surface area contributed by atoms with Crippen LogP contribution >= 0.6 is 0 Å². The quantitative estimate of drug-likeness (QED) is 0.695. The van der Waals surface area contributed by atoms with Crippen LogP contribution in [0.15, 0.2) is 0 Å². The van der Waals surface area contributed by atoms with Crippen LogP contribution in [0.1, 0.15) is 19.8 Å². The molecule has 3 nitrogen and oxygen atoms in total. The molecule has 1 amide bonds. The predicted octanol–water partition coefficient (Wildman–Crippen LogP) is 0.459. The molecule has 4 atom stereocenters. The molecule has 1 saturated heterocycles. The summed E-state index contributed by atoms with van der Waals surface area (Å²) in [4.78, 5) is 11.5. The Bertz CT molecular complexity index is 234. The van der Waals surface area contributed by atoms with Crippen molar-refractivity contribution in [1.29, 1.82) is 0 Å². The van der Waals surface area contributed by atoms with Crippen LogP contribution in [-0.2, 0) is 4.79 Å². The number of carbonyl (C=O) groups excluding carboxylic acids is 1. The summed E-state index contributed by atoms with van der Waals surface area (Å²) < 4.78 is 12.8. The van der Waals surface area contributed by atoms with Crippen molar-refractivity contribution in [3.63, 3.8) is 0 Å². The minimum atomic E-state index is -0.856. The second-order valence-corrected chi connectivity index (χ2v) is 4.51. The zero-order chi connectivity index (χ0) is 10.1. The Morgan fingerprint density at radius 3 is 2.79 bits per heavy atom. The Morgan fingerprint density at radius 1 is 1.57 bits per heavy atom. The molecule has 80 valence electrons. The van der Waals surface area contributed by atoms with Crippen molar-refractivity contribution < 1.29 is 9.18 Å². The molecule has 0 aromatic rings. The Morgan fingerprint density at radius 2 is 2.29 bits per heavy atom. The average molecular weight is 200 g/mol. The Hall–Kier alpha value is -0.640. The lowest BCUT2D eigenvalue weighted by atomic mass is 10.2. The number of amides is 1. The molecule has 0 aromatic heterocycles. The second-order valence-electron chi connectivity index (χ2n) is 4.51. The summed E-state index contributed by atoms with van der Waals surface area (Å²) in [5, 5.41) is 5.74. The summed E-state index contributed by atoms with van der Waals surface area (Å²) in [6.45, 7) is 3.26. The summed E-state index contributed by atoms with van der Waals surface area (Å²) in [7, 11) is 0. The highest BCUT2D eigenvalue weighted by Crippen LogP contribution is 2.36. The van der Waals surface area contributed by atoms with Gasteiger partial charge in [-0.05, 0) is 18.3 Å². The second kappa shape index (κ2) is 3.85. The number of alkyl halides is 1. The highest BCUT2D eigenvalue weighted by molar-refractivity contribution is 5.82. The first-order valence-corrected chi connectivity index (χ1v) is 5.32. The van der Waals surface area contributed by atoms with Crippen LogP contribution in [-0.4, -0.2) is 31.2 Å². The third-order valence-electron chi connectivity index (χ3n) is 3.21. The van der Waals surface area contributed by atoms with E-state index < -0.39 is 6.17 Å². The molecule has 2 rings (SSSR count). The summed E-state index contributed by atoms with van der Waals surface area (Å²) in [6, 6.07) is -0.306. The molecule has 1 aliphatic heterocycles. The van der Waals surface area contributed by atoms with Gasteiger partial charge in [-0.25, -0.2) is 4.39 Å². The van der Waals surface area contributed by atoms with Gasteiger partial charge in [0.25, 0.3) is 0 Å². The predicted molar refractivity (Wildman–Crippen MR) is 51.6 cm³/mol. The number of rotatable bonds is 3.